The van der Waals surface area contributed by atoms with Crippen molar-refractivity contribution in [3.05, 3.63) is 0 Å². The van der Waals surface area contributed by atoms with Crippen LogP contribution in [0.4, 0.5) is 0 Å². The highest BCUT2D eigenvalue weighted by Gasteiger charge is 2.34. The van der Waals surface area contributed by atoms with Crippen LogP contribution in [0.2, 0.25) is 0 Å². The minimum atomic E-state index is 0.314. The van der Waals surface area contributed by atoms with Gasteiger partial charge in [-0.25, -0.2) is 0 Å². The maximum Gasteiger partial charge on any atom is 0.0558 e. The van der Waals surface area contributed by atoms with Crippen molar-refractivity contribution in [2.24, 2.45) is 5.41 Å². The Morgan fingerprint density at radius 1 is 0.950 bits per heavy atom. The zero-order valence-corrected chi connectivity index (χ0v) is 14.5. The van der Waals surface area contributed by atoms with E-state index < -0.39 is 0 Å². The van der Waals surface area contributed by atoms with Crippen molar-refractivity contribution in [1.82, 2.24) is 4.90 Å². The van der Waals surface area contributed by atoms with Gasteiger partial charge in [0.1, 0.15) is 0 Å². The Balaban J connectivity index is 1.99. The monoisotopic (exact) mass is 345 g/mol. The first-order valence-corrected chi connectivity index (χ1v) is 9.83. The second-order valence-electron chi connectivity index (χ2n) is 7.03. The van der Waals surface area contributed by atoms with Crippen molar-refractivity contribution in [2.45, 2.75) is 76.7 Å². The largest absolute Gasteiger partial charge is 0.395 e. The molecule has 3 heteroatoms. The molecule has 0 aliphatic heterocycles. The number of alkyl halides is 1. The molecule has 0 atom stereocenters. The first-order valence-electron chi connectivity index (χ1n) is 8.70. The highest BCUT2D eigenvalue weighted by atomic mass is 79.9. The van der Waals surface area contributed by atoms with Gasteiger partial charge in [-0.1, -0.05) is 60.9 Å². The summed E-state index contributed by atoms with van der Waals surface area (Å²) in [5, 5.41) is 10.6. The van der Waals surface area contributed by atoms with E-state index in [1.165, 1.54) is 77.2 Å². The first kappa shape index (κ1) is 16.8. The minimum Gasteiger partial charge on any atom is -0.395 e. The summed E-state index contributed by atoms with van der Waals surface area (Å²) in [6.07, 6.45) is 15.2. The number of nitrogens with zero attached hydrogens (tertiary/aromatic N) is 1. The van der Waals surface area contributed by atoms with Gasteiger partial charge < -0.3 is 5.11 Å². The highest BCUT2D eigenvalue weighted by Crippen LogP contribution is 2.38. The summed E-state index contributed by atoms with van der Waals surface area (Å²) in [6, 6.07) is 0.732. The predicted molar refractivity (Wildman–Crippen MR) is 89.5 cm³/mol. The zero-order chi connectivity index (χ0) is 14.3. The van der Waals surface area contributed by atoms with E-state index in [2.05, 4.69) is 20.8 Å². The minimum absolute atomic E-state index is 0.314. The molecule has 0 saturated heterocycles. The molecule has 0 bridgehead atoms. The molecule has 0 spiro atoms. The fraction of sp³-hybridized carbons (Fsp3) is 1.00. The van der Waals surface area contributed by atoms with Crippen LogP contribution in [0.15, 0.2) is 0 Å². The van der Waals surface area contributed by atoms with Gasteiger partial charge in [-0.3, -0.25) is 4.90 Å². The first-order chi connectivity index (χ1) is 9.79. The van der Waals surface area contributed by atoms with Crippen molar-refractivity contribution in [2.75, 3.05) is 25.0 Å². The lowest BCUT2D eigenvalue weighted by atomic mass is 9.81. The highest BCUT2D eigenvalue weighted by molar-refractivity contribution is 9.09. The van der Waals surface area contributed by atoms with Crippen LogP contribution < -0.4 is 0 Å². The SMILES string of the molecule is OCCN(CC1(CBr)CCCCCC1)C1CCCCC1. The van der Waals surface area contributed by atoms with Crippen LogP contribution in [0.3, 0.4) is 0 Å². The van der Waals surface area contributed by atoms with E-state index in [-0.39, 0.29) is 0 Å². The molecule has 2 fully saturated rings. The van der Waals surface area contributed by atoms with Gasteiger partial charge in [-0.2, -0.15) is 0 Å². The normalized spacial score (nSPS) is 24.8. The third-order valence-corrected chi connectivity index (χ3v) is 6.65. The third-order valence-electron chi connectivity index (χ3n) is 5.46. The van der Waals surface area contributed by atoms with Crippen molar-refractivity contribution >= 4 is 15.9 Å². The zero-order valence-electron chi connectivity index (χ0n) is 13.0. The second kappa shape index (κ2) is 8.75. The average molecular weight is 346 g/mol. The number of halogens is 1. The maximum atomic E-state index is 9.46. The van der Waals surface area contributed by atoms with Gasteiger partial charge in [-0.15, -0.1) is 0 Å². The lowest BCUT2D eigenvalue weighted by Crippen LogP contribution is -2.46. The van der Waals surface area contributed by atoms with Gasteiger partial charge in [0.05, 0.1) is 6.61 Å². The summed E-state index contributed by atoms with van der Waals surface area (Å²) < 4.78 is 0. The van der Waals surface area contributed by atoms with E-state index in [0.717, 1.165) is 17.9 Å². The van der Waals surface area contributed by atoms with Crippen molar-refractivity contribution in [1.29, 1.82) is 0 Å². The Kier molecular flexibility index (Phi) is 7.33. The van der Waals surface area contributed by atoms with Crippen LogP contribution in [0.1, 0.15) is 70.6 Å². The predicted octanol–water partition coefficient (Wildman–Crippen LogP) is 4.35. The lowest BCUT2D eigenvalue weighted by molar-refractivity contribution is 0.0719. The molecule has 0 radical (unpaired) electrons. The fourth-order valence-electron chi connectivity index (χ4n) is 4.21. The number of aliphatic hydroxyl groups excluding tert-OH is 1. The Morgan fingerprint density at radius 3 is 2.10 bits per heavy atom. The maximum absolute atomic E-state index is 9.46. The molecule has 2 aliphatic rings. The molecule has 2 aliphatic carbocycles. The van der Waals surface area contributed by atoms with Crippen molar-refractivity contribution in [3.63, 3.8) is 0 Å². The third kappa shape index (κ3) is 4.71. The van der Waals surface area contributed by atoms with Crippen LogP contribution >= 0.6 is 15.9 Å². The van der Waals surface area contributed by atoms with E-state index >= 15 is 0 Å². The lowest BCUT2D eigenvalue weighted by Gasteiger charge is -2.41. The van der Waals surface area contributed by atoms with Crippen molar-refractivity contribution < 1.29 is 5.11 Å². The Morgan fingerprint density at radius 2 is 1.55 bits per heavy atom. The van der Waals surface area contributed by atoms with Crippen LogP contribution in [0, 0.1) is 5.41 Å². The van der Waals surface area contributed by atoms with E-state index in [1.54, 1.807) is 0 Å². The molecule has 20 heavy (non-hydrogen) atoms. The van der Waals surface area contributed by atoms with Crippen LogP contribution in [0.5, 0.6) is 0 Å². The molecule has 2 saturated carbocycles. The van der Waals surface area contributed by atoms with Gasteiger partial charge in [0, 0.05) is 24.5 Å². The summed E-state index contributed by atoms with van der Waals surface area (Å²) in [5.74, 6) is 0. The fourth-order valence-corrected chi connectivity index (χ4v) is 4.95. The van der Waals surface area contributed by atoms with Gasteiger partial charge in [0.25, 0.3) is 0 Å². The van der Waals surface area contributed by atoms with Gasteiger partial charge in [0.2, 0.25) is 0 Å². The van der Waals surface area contributed by atoms with E-state index in [9.17, 15) is 5.11 Å². The van der Waals surface area contributed by atoms with Crippen molar-refractivity contribution in [3.8, 4) is 0 Å². The Bertz CT molecular complexity index is 258. The molecule has 2 nitrogen and oxygen atoms in total. The van der Waals surface area contributed by atoms with Crippen LogP contribution in [-0.4, -0.2) is 41.1 Å². The van der Waals surface area contributed by atoms with E-state index in [4.69, 9.17) is 0 Å². The molecule has 0 aromatic carbocycles. The average Bonchev–Trinajstić information content (AvgIpc) is 2.74. The van der Waals surface area contributed by atoms with E-state index in [1.807, 2.05) is 0 Å². The van der Waals surface area contributed by atoms with Crippen LogP contribution in [0.25, 0.3) is 0 Å². The summed E-state index contributed by atoms with van der Waals surface area (Å²) in [7, 11) is 0. The molecule has 118 valence electrons. The summed E-state index contributed by atoms with van der Waals surface area (Å²) in [6.45, 7) is 2.39. The molecule has 0 aromatic heterocycles. The number of hydrogen-bond donors (Lipinski definition) is 1. The molecular formula is C17H32BrNO. The van der Waals surface area contributed by atoms with Crippen LogP contribution in [-0.2, 0) is 0 Å². The molecule has 0 unspecified atom stereocenters. The van der Waals surface area contributed by atoms with E-state index in [0.29, 0.717) is 12.0 Å². The quantitative estimate of drug-likeness (QED) is 0.571. The molecule has 0 heterocycles. The van der Waals surface area contributed by atoms with Gasteiger partial charge in [-0.05, 0) is 31.1 Å². The second-order valence-corrected chi connectivity index (χ2v) is 7.59. The standard InChI is InChI=1S/C17H32BrNO/c18-14-17(10-6-1-2-7-11-17)15-19(12-13-20)16-8-4-3-5-9-16/h16,20H,1-15H2. The topological polar surface area (TPSA) is 23.5 Å². The molecule has 1 N–H and O–H groups in total. The number of aliphatic hydroxyl groups is 1. The van der Waals surface area contributed by atoms with Gasteiger partial charge >= 0.3 is 0 Å². The molecule has 0 aromatic rings. The summed E-state index contributed by atoms with van der Waals surface area (Å²) in [5.41, 5.74) is 0.461. The molecular weight excluding hydrogens is 314 g/mol. The smallest absolute Gasteiger partial charge is 0.0558 e. The van der Waals surface area contributed by atoms with Gasteiger partial charge in [0.15, 0.2) is 0 Å². The molecule has 2 rings (SSSR count). The summed E-state index contributed by atoms with van der Waals surface area (Å²) >= 11 is 3.82. The Hall–Kier alpha value is 0.400. The molecule has 0 amide bonds. The summed E-state index contributed by atoms with van der Waals surface area (Å²) in [4.78, 5) is 2.63. The number of rotatable bonds is 6. The number of hydrogen-bond acceptors (Lipinski definition) is 2. The Labute approximate surface area is 133 Å².